The summed E-state index contributed by atoms with van der Waals surface area (Å²) in [5.41, 5.74) is 2.23. The van der Waals surface area contributed by atoms with Crippen molar-refractivity contribution < 1.29 is 9.84 Å². The highest BCUT2D eigenvalue weighted by atomic mass is 16.5. The Balaban J connectivity index is 1.51. The molecule has 5 nitrogen and oxygen atoms in total. The number of para-hydroxylation sites is 1. The Morgan fingerprint density at radius 3 is 2.56 bits per heavy atom. The Hall–Kier alpha value is -2.53. The first kappa shape index (κ1) is 19.2. The van der Waals surface area contributed by atoms with Crippen LogP contribution in [0, 0.1) is 5.92 Å². The Morgan fingerprint density at radius 2 is 1.85 bits per heavy atom. The largest absolute Gasteiger partial charge is 0.493 e. The Labute approximate surface area is 161 Å². The minimum atomic E-state index is 0.0268. The van der Waals surface area contributed by atoms with Crippen LogP contribution in [-0.4, -0.2) is 37.9 Å². The van der Waals surface area contributed by atoms with E-state index in [9.17, 15) is 5.11 Å². The van der Waals surface area contributed by atoms with E-state index in [0.717, 1.165) is 29.4 Å². The zero-order chi connectivity index (χ0) is 18.9. The average molecular weight is 367 g/mol. The third kappa shape index (κ3) is 6.00. The lowest BCUT2D eigenvalue weighted by molar-refractivity contribution is 0.265. The van der Waals surface area contributed by atoms with E-state index in [1.807, 2.05) is 48.5 Å². The maximum atomic E-state index is 9.70. The molecule has 3 rings (SSSR count). The molecule has 0 spiro atoms. The first-order valence-corrected chi connectivity index (χ1v) is 9.61. The van der Waals surface area contributed by atoms with Gasteiger partial charge >= 0.3 is 0 Å². The van der Waals surface area contributed by atoms with Gasteiger partial charge in [0.05, 0.1) is 13.2 Å². The molecule has 0 aliphatic heterocycles. The van der Waals surface area contributed by atoms with Crippen LogP contribution in [-0.2, 0) is 6.54 Å². The second kappa shape index (κ2) is 9.97. The molecular formula is C22H29N3O2. The summed E-state index contributed by atoms with van der Waals surface area (Å²) in [7, 11) is 1.75. The van der Waals surface area contributed by atoms with E-state index < -0.39 is 0 Å². The Bertz CT molecular complexity index is 729. The number of nitrogens with zero attached hydrogens (tertiary/aromatic N) is 1. The highest BCUT2D eigenvalue weighted by molar-refractivity contribution is 5.79. The van der Waals surface area contributed by atoms with Crippen LogP contribution in [0.25, 0.3) is 0 Å². The predicted octanol–water partition coefficient (Wildman–Crippen LogP) is 2.92. The molecule has 0 aromatic heterocycles. The molecule has 1 atom stereocenters. The first-order valence-electron chi connectivity index (χ1n) is 9.61. The van der Waals surface area contributed by atoms with Gasteiger partial charge in [-0.25, -0.2) is 0 Å². The van der Waals surface area contributed by atoms with Crippen molar-refractivity contribution in [3.63, 3.8) is 0 Å². The number of benzene rings is 2. The SMILES string of the molecule is CN=C(NCc1ccccc1OCC1CC1)NCC(CO)c1ccccc1. The van der Waals surface area contributed by atoms with E-state index >= 15 is 0 Å². The lowest BCUT2D eigenvalue weighted by atomic mass is 10.0. The number of hydrogen-bond acceptors (Lipinski definition) is 3. The Morgan fingerprint density at radius 1 is 1.11 bits per heavy atom. The van der Waals surface area contributed by atoms with Gasteiger partial charge in [-0.3, -0.25) is 4.99 Å². The van der Waals surface area contributed by atoms with Gasteiger partial charge in [-0.15, -0.1) is 0 Å². The van der Waals surface area contributed by atoms with Gasteiger partial charge in [0.1, 0.15) is 5.75 Å². The van der Waals surface area contributed by atoms with E-state index in [1.54, 1.807) is 7.05 Å². The number of hydrogen-bond donors (Lipinski definition) is 3. The quantitative estimate of drug-likeness (QED) is 0.471. The van der Waals surface area contributed by atoms with Crippen LogP contribution in [0.1, 0.15) is 29.9 Å². The Kier molecular flexibility index (Phi) is 7.11. The minimum absolute atomic E-state index is 0.0268. The molecule has 0 radical (unpaired) electrons. The van der Waals surface area contributed by atoms with Crippen molar-refractivity contribution in [1.82, 2.24) is 10.6 Å². The molecule has 1 saturated carbocycles. The fourth-order valence-corrected chi connectivity index (χ4v) is 2.92. The second-order valence-electron chi connectivity index (χ2n) is 6.96. The number of rotatable bonds is 9. The number of aliphatic imine (C=N–C) groups is 1. The molecule has 27 heavy (non-hydrogen) atoms. The highest BCUT2D eigenvalue weighted by Crippen LogP contribution is 2.30. The summed E-state index contributed by atoms with van der Waals surface area (Å²) in [5, 5.41) is 16.3. The molecule has 144 valence electrons. The van der Waals surface area contributed by atoms with Gasteiger partial charge in [0, 0.05) is 31.6 Å². The molecule has 3 N–H and O–H groups in total. The summed E-state index contributed by atoms with van der Waals surface area (Å²) in [6.07, 6.45) is 2.56. The van der Waals surface area contributed by atoms with Crippen molar-refractivity contribution in [3.8, 4) is 5.75 Å². The van der Waals surface area contributed by atoms with Crippen molar-refractivity contribution in [2.24, 2.45) is 10.9 Å². The van der Waals surface area contributed by atoms with Gasteiger partial charge in [-0.2, -0.15) is 0 Å². The average Bonchev–Trinajstić information content (AvgIpc) is 3.55. The van der Waals surface area contributed by atoms with Crippen LogP contribution < -0.4 is 15.4 Å². The fourth-order valence-electron chi connectivity index (χ4n) is 2.92. The van der Waals surface area contributed by atoms with Crippen LogP contribution in [0.2, 0.25) is 0 Å². The van der Waals surface area contributed by atoms with Gasteiger partial charge in [0.2, 0.25) is 0 Å². The summed E-state index contributed by atoms with van der Waals surface area (Å²) >= 11 is 0. The topological polar surface area (TPSA) is 65.9 Å². The van der Waals surface area contributed by atoms with Gasteiger partial charge in [0.25, 0.3) is 0 Å². The third-order valence-electron chi connectivity index (χ3n) is 4.82. The minimum Gasteiger partial charge on any atom is -0.493 e. The molecule has 0 bridgehead atoms. The number of nitrogens with one attached hydrogen (secondary N) is 2. The van der Waals surface area contributed by atoms with Crippen LogP contribution in [0.4, 0.5) is 0 Å². The first-order chi connectivity index (χ1) is 13.3. The molecule has 2 aromatic rings. The van der Waals surface area contributed by atoms with Crippen molar-refractivity contribution in [1.29, 1.82) is 0 Å². The van der Waals surface area contributed by atoms with Gasteiger partial charge in [-0.05, 0) is 30.4 Å². The van der Waals surface area contributed by atoms with Crippen molar-refractivity contribution in [2.45, 2.75) is 25.3 Å². The van der Waals surface area contributed by atoms with Gasteiger partial charge < -0.3 is 20.5 Å². The lowest BCUT2D eigenvalue weighted by Crippen LogP contribution is -2.39. The predicted molar refractivity (Wildman–Crippen MR) is 109 cm³/mol. The summed E-state index contributed by atoms with van der Waals surface area (Å²) in [5.74, 6) is 2.40. The van der Waals surface area contributed by atoms with Crippen molar-refractivity contribution in [3.05, 3.63) is 65.7 Å². The maximum Gasteiger partial charge on any atom is 0.191 e. The molecule has 1 aliphatic carbocycles. The van der Waals surface area contributed by atoms with Crippen LogP contribution in [0.5, 0.6) is 5.75 Å². The van der Waals surface area contributed by atoms with Crippen LogP contribution in [0.15, 0.2) is 59.6 Å². The molecule has 1 fully saturated rings. The van der Waals surface area contributed by atoms with E-state index in [0.29, 0.717) is 19.0 Å². The van der Waals surface area contributed by atoms with E-state index in [1.165, 1.54) is 12.8 Å². The highest BCUT2D eigenvalue weighted by Gasteiger charge is 2.22. The van der Waals surface area contributed by atoms with Crippen molar-refractivity contribution >= 4 is 5.96 Å². The van der Waals surface area contributed by atoms with Crippen LogP contribution in [0.3, 0.4) is 0 Å². The maximum absolute atomic E-state index is 9.70. The molecular weight excluding hydrogens is 338 g/mol. The lowest BCUT2D eigenvalue weighted by Gasteiger charge is -2.18. The van der Waals surface area contributed by atoms with Crippen molar-refractivity contribution in [2.75, 3.05) is 26.8 Å². The smallest absolute Gasteiger partial charge is 0.191 e. The molecule has 0 saturated heterocycles. The monoisotopic (exact) mass is 367 g/mol. The summed E-state index contributed by atoms with van der Waals surface area (Å²) < 4.78 is 5.97. The number of aliphatic hydroxyl groups is 1. The third-order valence-corrected chi connectivity index (χ3v) is 4.82. The molecule has 5 heteroatoms. The molecule has 0 amide bonds. The molecule has 1 unspecified atom stereocenters. The summed E-state index contributed by atoms with van der Waals surface area (Å²) in [4.78, 5) is 4.29. The molecule has 0 heterocycles. The second-order valence-corrected chi connectivity index (χ2v) is 6.96. The molecule has 2 aromatic carbocycles. The van der Waals surface area contributed by atoms with Crippen LogP contribution >= 0.6 is 0 Å². The van der Waals surface area contributed by atoms with E-state index in [-0.39, 0.29) is 12.5 Å². The summed E-state index contributed by atoms with van der Waals surface area (Å²) in [6, 6.07) is 18.1. The number of guanidine groups is 1. The summed E-state index contributed by atoms with van der Waals surface area (Å²) in [6.45, 7) is 2.14. The molecule has 1 aliphatic rings. The zero-order valence-corrected chi connectivity index (χ0v) is 15.9. The van der Waals surface area contributed by atoms with Gasteiger partial charge in [-0.1, -0.05) is 48.5 Å². The zero-order valence-electron chi connectivity index (χ0n) is 15.9. The standard InChI is InChI=1S/C22H29N3O2/c1-23-22(25-14-20(15-26)18-7-3-2-4-8-18)24-13-19-9-5-6-10-21(19)27-16-17-11-12-17/h2-10,17,20,26H,11-16H2,1H3,(H2,23,24,25). The van der Waals surface area contributed by atoms with E-state index in [2.05, 4.69) is 21.7 Å². The van der Waals surface area contributed by atoms with E-state index in [4.69, 9.17) is 4.74 Å². The van der Waals surface area contributed by atoms with Gasteiger partial charge in [0.15, 0.2) is 5.96 Å². The normalized spacial score (nSPS) is 15.3. The number of aliphatic hydroxyl groups excluding tert-OH is 1. The number of ether oxygens (including phenoxy) is 1. The fraction of sp³-hybridized carbons (Fsp3) is 0.409.